The molecule has 0 spiro atoms. The minimum atomic E-state index is 0.560. The summed E-state index contributed by atoms with van der Waals surface area (Å²) in [5, 5.41) is 15.0. The second kappa shape index (κ2) is 7.59. The molecule has 3 aromatic rings. The third kappa shape index (κ3) is 3.90. The molecule has 2 heterocycles. The highest BCUT2D eigenvalue weighted by molar-refractivity contribution is 5.79. The normalized spacial score (nSPS) is 11.7. The van der Waals surface area contributed by atoms with Crippen molar-refractivity contribution in [2.75, 3.05) is 6.54 Å². The van der Waals surface area contributed by atoms with Gasteiger partial charge in [0, 0.05) is 12.7 Å². The van der Waals surface area contributed by atoms with Gasteiger partial charge in [-0.3, -0.25) is 4.40 Å². The quantitative estimate of drug-likeness (QED) is 0.559. The Morgan fingerprint density at radius 3 is 2.88 bits per heavy atom. The summed E-state index contributed by atoms with van der Waals surface area (Å²) >= 11 is 0. The van der Waals surface area contributed by atoms with Crippen LogP contribution in [0.4, 0.5) is 0 Å². The highest BCUT2D eigenvalue weighted by Crippen LogP contribution is 2.05. The Hall–Kier alpha value is -2.89. The second-order valence-corrected chi connectivity index (χ2v) is 5.58. The Morgan fingerprint density at radius 1 is 1.12 bits per heavy atom. The highest BCUT2D eigenvalue weighted by atomic mass is 15.3. The number of aromatic nitrogens is 3. The SMILES string of the molecule is CCNC(=NCc1cccc(C)c1)NCc1nnc2ccccn12. The van der Waals surface area contributed by atoms with Crippen LogP contribution >= 0.6 is 0 Å². The molecule has 0 unspecified atom stereocenters. The van der Waals surface area contributed by atoms with Gasteiger partial charge in [-0.25, -0.2) is 4.99 Å². The van der Waals surface area contributed by atoms with Crippen molar-refractivity contribution in [3.05, 3.63) is 65.6 Å². The Labute approximate surface area is 141 Å². The molecular weight excluding hydrogens is 300 g/mol. The van der Waals surface area contributed by atoms with Crippen LogP contribution in [0.15, 0.2) is 53.7 Å². The Balaban J connectivity index is 1.68. The van der Waals surface area contributed by atoms with Gasteiger partial charge in [0.2, 0.25) is 0 Å². The number of hydrogen-bond acceptors (Lipinski definition) is 3. The molecule has 0 aliphatic carbocycles. The number of benzene rings is 1. The van der Waals surface area contributed by atoms with E-state index in [0.29, 0.717) is 13.1 Å². The molecule has 2 N–H and O–H groups in total. The first-order chi connectivity index (χ1) is 11.8. The van der Waals surface area contributed by atoms with Crippen molar-refractivity contribution in [2.24, 2.45) is 4.99 Å². The van der Waals surface area contributed by atoms with Crippen LogP contribution in [0.3, 0.4) is 0 Å². The number of fused-ring (bicyclic) bond motifs is 1. The topological polar surface area (TPSA) is 66.6 Å². The number of nitrogens with zero attached hydrogens (tertiary/aromatic N) is 4. The third-order valence-corrected chi connectivity index (χ3v) is 3.64. The zero-order valence-corrected chi connectivity index (χ0v) is 14.0. The number of nitrogens with one attached hydrogen (secondary N) is 2. The number of hydrogen-bond donors (Lipinski definition) is 2. The summed E-state index contributed by atoms with van der Waals surface area (Å²) in [7, 11) is 0. The highest BCUT2D eigenvalue weighted by Gasteiger charge is 2.05. The number of pyridine rings is 1. The van der Waals surface area contributed by atoms with Crippen molar-refractivity contribution < 1.29 is 0 Å². The van der Waals surface area contributed by atoms with Gasteiger partial charge in [0.1, 0.15) is 0 Å². The molecule has 2 aromatic heterocycles. The minimum absolute atomic E-state index is 0.560. The van der Waals surface area contributed by atoms with E-state index in [9.17, 15) is 0 Å². The minimum Gasteiger partial charge on any atom is -0.357 e. The van der Waals surface area contributed by atoms with Gasteiger partial charge in [-0.1, -0.05) is 35.9 Å². The molecule has 1 aromatic carbocycles. The summed E-state index contributed by atoms with van der Waals surface area (Å²) in [6, 6.07) is 14.3. The van der Waals surface area contributed by atoms with Crippen LogP contribution in [-0.2, 0) is 13.1 Å². The molecule has 0 aliphatic rings. The molecule has 124 valence electrons. The van der Waals surface area contributed by atoms with Gasteiger partial charge >= 0.3 is 0 Å². The van der Waals surface area contributed by atoms with E-state index < -0.39 is 0 Å². The predicted molar refractivity (Wildman–Crippen MR) is 95.8 cm³/mol. The van der Waals surface area contributed by atoms with E-state index >= 15 is 0 Å². The van der Waals surface area contributed by atoms with E-state index in [-0.39, 0.29) is 0 Å². The van der Waals surface area contributed by atoms with E-state index in [1.807, 2.05) is 28.8 Å². The Kier molecular flexibility index (Phi) is 5.05. The van der Waals surface area contributed by atoms with Gasteiger partial charge in [-0.15, -0.1) is 10.2 Å². The smallest absolute Gasteiger partial charge is 0.191 e. The van der Waals surface area contributed by atoms with E-state index in [1.165, 1.54) is 11.1 Å². The predicted octanol–water partition coefficient (Wildman–Crippen LogP) is 2.29. The summed E-state index contributed by atoms with van der Waals surface area (Å²) in [5.41, 5.74) is 3.28. The number of guanidine groups is 1. The maximum Gasteiger partial charge on any atom is 0.191 e. The maximum absolute atomic E-state index is 4.64. The van der Waals surface area contributed by atoms with Gasteiger partial charge in [0.05, 0.1) is 13.1 Å². The van der Waals surface area contributed by atoms with Crippen LogP contribution in [-0.4, -0.2) is 27.1 Å². The fraction of sp³-hybridized carbons (Fsp3) is 0.278. The largest absolute Gasteiger partial charge is 0.357 e. The molecule has 0 aliphatic heterocycles. The van der Waals surface area contributed by atoms with Gasteiger partial charge in [0.25, 0.3) is 0 Å². The molecule has 0 amide bonds. The molecule has 0 atom stereocenters. The lowest BCUT2D eigenvalue weighted by atomic mass is 10.1. The van der Waals surface area contributed by atoms with Crippen molar-refractivity contribution in [3.63, 3.8) is 0 Å². The van der Waals surface area contributed by atoms with E-state index in [0.717, 1.165) is 24.0 Å². The van der Waals surface area contributed by atoms with Gasteiger partial charge in [-0.05, 0) is 31.5 Å². The van der Waals surface area contributed by atoms with Crippen LogP contribution in [0.1, 0.15) is 23.9 Å². The first kappa shape index (κ1) is 16.0. The fourth-order valence-electron chi connectivity index (χ4n) is 2.50. The zero-order chi connectivity index (χ0) is 16.8. The summed E-state index contributed by atoms with van der Waals surface area (Å²) < 4.78 is 1.97. The lowest BCUT2D eigenvalue weighted by Crippen LogP contribution is -2.37. The summed E-state index contributed by atoms with van der Waals surface area (Å²) in [5.74, 6) is 1.62. The molecule has 0 saturated carbocycles. The maximum atomic E-state index is 4.64. The molecule has 3 rings (SSSR count). The molecular formula is C18H22N6. The van der Waals surface area contributed by atoms with Crippen LogP contribution in [0.5, 0.6) is 0 Å². The van der Waals surface area contributed by atoms with Gasteiger partial charge in [-0.2, -0.15) is 0 Å². The number of aryl methyl sites for hydroxylation is 1. The molecule has 0 bridgehead atoms. The molecule has 0 radical (unpaired) electrons. The van der Waals surface area contributed by atoms with Gasteiger partial charge in [0.15, 0.2) is 17.4 Å². The number of aliphatic imine (C=N–C) groups is 1. The monoisotopic (exact) mass is 322 g/mol. The number of rotatable bonds is 5. The van der Waals surface area contributed by atoms with Crippen LogP contribution in [0, 0.1) is 6.92 Å². The van der Waals surface area contributed by atoms with Crippen LogP contribution in [0.25, 0.3) is 5.65 Å². The van der Waals surface area contributed by atoms with Crippen LogP contribution in [0.2, 0.25) is 0 Å². The Morgan fingerprint density at radius 2 is 2.04 bits per heavy atom. The lowest BCUT2D eigenvalue weighted by Gasteiger charge is -2.10. The summed E-state index contributed by atoms with van der Waals surface area (Å²) in [6.07, 6.45) is 1.96. The van der Waals surface area contributed by atoms with Crippen LogP contribution < -0.4 is 10.6 Å². The van der Waals surface area contributed by atoms with Crippen molar-refractivity contribution in [3.8, 4) is 0 Å². The van der Waals surface area contributed by atoms with Crippen molar-refractivity contribution in [1.29, 1.82) is 0 Å². The molecule has 6 heteroatoms. The average molecular weight is 322 g/mol. The van der Waals surface area contributed by atoms with Crippen molar-refractivity contribution in [1.82, 2.24) is 25.2 Å². The lowest BCUT2D eigenvalue weighted by molar-refractivity contribution is 0.765. The average Bonchev–Trinajstić information content (AvgIpc) is 3.01. The fourth-order valence-corrected chi connectivity index (χ4v) is 2.50. The first-order valence-electron chi connectivity index (χ1n) is 8.12. The van der Waals surface area contributed by atoms with E-state index in [1.54, 1.807) is 0 Å². The van der Waals surface area contributed by atoms with E-state index in [2.05, 4.69) is 63.9 Å². The summed E-state index contributed by atoms with van der Waals surface area (Å²) in [6.45, 7) is 6.14. The summed E-state index contributed by atoms with van der Waals surface area (Å²) in [4.78, 5) is 4.64. The molecule has 24 heavy (non-hydrogen) atoms. The third-order valence-electron chi connectivity index (χ3n) is 3.64. The standard InChI is InChI=1S/C18H22N6/c1-3-19-18(20-12-15-8-6-7-14(2)11-15)21-13-17-23-22-16-9-4-5-10-24(16)17/h4-11H,3,12-13H2,1-2H3,(H2,19,20,21). The van der Waals surface area contributed by atoms with Gasteiger partial charge < -0.3 is 10.6 Å². The van der Waals surface area contributed by atoms with Crippen molar-refractivity contribution >= 4 is 11.6 Å². The zero-order valence-electron chi connectivity index (χ0n) is 14.0. The van der Waals surface area contributed by atoms with E-state index in [4.69, 9.17) is 0 Å². The van der Waals surface area contributed by atoms with Crippen molar-refractivity contribution in [2.45, 2.75) is 26.9 Å². The molecule has 6 nitrogen and oxygen atoms in total. The molecule has 0 fully saturated rings. The Bertz CT molecular complexity index is 836. The second-order valence-electron chi connectivity index (χ2n) is 5.58. The molecule has 0 saturated heterocycles. The first-order valence-corrected chi connectivity index (χ1v) is 8.12.